The van der Waals surface area contributed by atoms with Crippen LogP contribution in [-0.4, -0.2) is 23.3 Å². The van der Waals surface area contributed by atoms with E-state index >= 15 is 0 Å². The van der Waals surface area contributed by atoms with E-state index in [2.05, 4.69) is 16.4 Å². The molecule has 0 bridgehead atoms. The third kappa shape index (κ3) is 3.64. The second-order valence-electron chi connectivity index (χ2n) is 6.95. The summed E-state index contributed by atoms with van der Waals surface area (Å²) in [6.45, 7) is 3.13. The Bertz CT molecular complexity index is 1010. The second kappa shape index (κ2) is 7.64. The average Bonchev–Trinajstić information content (AvgIpc) is 3.16. The monoisotopic (exact) mass is 371 g/mol. The van der Waals surface area contributed by atoms with Gasteiger partial charge in [-0.1, -0.05) is 29.8 Å². The SMILES string of the molecule is Cc1ccc(C(=O)N2CCc3cc(CNC(=O)c4ccncc4)ccc32)cc1. The number of fused-ring (bicyclic) bond motifs is 1. The number of aryl methyl sites for hydroxylation is 1. The van der Waals surface area contributed by atoms with E-state index in [0.29, 0.717) is 24.2 Å². The fourth-order valence-electron chi connectivity index (χ4n) is 3.42. The first-order valence-corrected chi connectivity index (χ1v) is 9.30. The number of hydrogen-bond acceptors (Lipinski definition) is 3. The molecular formula is C23H21N3O2. The number of nitrogens with one attached hydrogen (secondary N) is 1. The lowest BCUT2D eigenvalue weighted by molar-refractivity contribution is 0.0949. The Labute approximate surface area is 164 Å². The topological polar surface area (TPSA) is 62.3 Å². The maximum absolute atomic E-state index is 12.8. The summed E-state index contributed by atoms with van der Waals surface area (Å²) in [5.41, 5.74) is 5.53. The summed E-state index contributed by atoms with van der Waals surface area (Å²) in [5, 5.41) is 2.92. The molecule has 0 saturated carbocycles. The van der Waals surface area contributed by atoms with Crippen LogP contribution in [0.5, 0.6) is 0 Å². The van der Waals surface area contributed by atoms with E-state index in [1.54, 1.807) is 24.5 Å². The minimum atomic E-state index is -0.126. The number of aromatic nitrogens is 1. The summed E-state index contributed by atoms with van der Waals surface area (Å²) in [6, 6.07) is 17.0. The molecule has 5 heteroatoms. The molecule has 1 aromatic heterocycles. The number of carbonyl (C=O) groups excluding carboxylic acids is 2. The fraction of sp³-hybridized carbons (Fsp3) is 0.174. The van der Waals surface area contributed by atoms with Crippen molar-refractivity contribution in [2.24, 2.45) is 0 Å². The van der Waals surface area contributed by atoms with Gasteiger partial charge >= 0.3 is 0 Å². The van der Waals surface area contributed by atoms with Crippen LogP contribution in [0.1, 0.15) is 37.4 Å². The largest absolute Gasteiger partial charge is 0.348 e. The van der Waals surface area contributed by atoms with Crippen molar-refractivity contribution >= 4 is 17.5 Å². The van der Waals surface area contributed by atoms with Crippen molar-refractivity contribution in [2.45, 2.75) is 19.9 Å². The fourth-order valence-corrected chi connectivity index (χ4v) is 3.42. The van der Waals surface area contributed by atoms with E-state index < -0.39 is 0 Å². The lowest BCUT2D eigenvalue weighted by atomic mass is 10.1. The zero-order valence-corrected chi connectivity index (χ0v) is 15.7. The molecule has 1 aliphatic heterocycles. The van der Waals surface area contributed by atoms with E-state index in [0.717, 1.165) is 28.8 Å². The van der Waals surface area contributed by atoms with E-state index in [1.807, 2.05) is 48.2 Å². The van der Waals surface area contributed by atoms with Gasteiger partial charge in [0.05, 0.1) is 0 Å². The van der Waals surface area contributed by atoms with Crippen LogP contribution < -0.4 is 10.2 Å². The Kier molecular flexibility index (Phi) is 4.89. The first-order valence-electron chi connectivity index (χ1n) is 9.30. The minimum Gasteiger partial charge on any atom is -0.348 e. The molecule has 0 saturated heterocycles. The summed E-state index contributed by atoms with van der Waals surface area (Å²) < 4.78 is 0. The van der Waals surface area contributed by atoms with Crippen molar-refractivity contribution < 1.29 is 9.59 Å². The molecule has 5 nitrogen and oxygen atoms in total. The first kappa shape index (κ1) is 17.9. The molecule has 0 aliphatic carbocycles. The quantitative estimate of drug-likeness (QED) is 0.763. The van der Waals surface area contributed by atoms with E-state index in [1.165, 1.54) is 0 Å². The van der Waals surface area contributed by atoms with Crippen molar-refractivity contribution in [3.05, 3.63) is 94.8 Å². The number of pyridine rings is 1. The van der Waals surface area contributed by atoms with Crippen molar-refractivity contribution in [1.82, 2.24) is 10.3 Å². The maximum Gasteiger partial charge on any atom is 0.258 e. The highest BCUT2D eigenvalue weighted by atomic mass is 16.2. The lowest BCUT2D eigenvalue weighted by Crippen LogP contribution is -2.28. The number of rotatable bonds is 4. The van der Waals surface area contributed by atoms with Gasteiger partial charge in [0.1, 0.15) is 0 Å². The van der Waals surface area contributed by atoms with Crippen molar-refractivity contribution in [1.29, 1.82) is 0 Å². The molecule has 3 aromatic rings. The molecule has 0 unspecified atom stereocenters. The number of nitrogens with zero attached hydrogens (tertiary/aromatic N) is 2. The normalized spacial score (nSPS) is 12.5. The Morgan fingerprint density at radius 2 is 1.75 bits per heavy atom. The smallest absolute Gasteiger partial charge is 0.258 e. The van der Waals surface area contributed by atoms with Gasteiger partial charge in [0.25, 0.3) is 11.8 Å². The van der Waals surface area contributed by atoms with Crippen molar-refractivity contribution in [2.75, 3.05) is 11.4 Å². The van der Waals surface area contributed by atoms with Crippen LogP contribution in [-0.2, 0) is 13.0 Å². The van der Waals surface area contributed by atoms with Crippen LogP contribution in [0, 0.1) is 6.92 Å². The third-order valence-electron chi connectivity index (χ3n) is 4.98. The number of anilines is 1. The molecule has 2 aromatic carbocycles. The molecule has 2 heterocycles. The van der Waals surface area contributed by atoms with E-state index in [4.69, 9.17) is 0 Å². The van der Waals surface area contributed by atoms with Crippen LogP contribution in [0.15, 0.2) is 67.0 Å². The van der Waals surface area contributed by atoms with Crippen LogP contribution >= 0.6 is 0 Å². The van der Waals surface area contributed by atoms with Gasteiger partial charge in [0.2, 0.25) is 0 Å². The highest BCUT2D eigenvalue weighted by Crippen LogP contribution is 2.30. The van der Waals surface area contributed by atoms with Gasteiger partial charge in [0, 0.05) is 42.3 Å². The molecule has 0 spiro atoms. The minimum absolute atomic E-state index is 0.0255. The molecule has 2 amide bonds. The summed E-state index contributed by atoms with van der Waals surface area (Å²) >= 11 is 0. The molecule has 0 fully saturated rings. The molecule has 4 rings (SSSR count). The third-order valence-corrected chi connectivity index (χ3v) is 4.98. The predicted molar refractivity (Wildman–Crippen MR) is 108 cm³/mol. The van der Waals surface area contributed by atoms with Gasteiger partial charge < -0.3 is 10.2 Å². The zero-order valence-electron chi connectivity index (χ0n) is 15.7. The highest BCUT2D eigenvalue weighted by Gasteiger charge is 2.25. The van der Waals surface area contributed by atoms with Gasteiger partial charge in [-0.05, 0) is 54.8 Å². The Balaban J connectivity index is 1.45. The molecule has 140 valence electrons. The summed E-state index contributed by atoms with van der Waals surface area (Å²) in [6.07, 6.45) is 4.02. The molecule has 1 aliphatic rings. The summed E-state index contributed by atoms with van der Waals surface area (Å²) in [4.78, 5) is 30.8. The zero-order chi connectivity index (χ0) is 19.5. The lowest BCUT2D eigenvalue weighted by Gasteiger charge is -2.18. The summed E-state index contributed by atoms with van der Waals surface area (Å²) in [5.74, 6) is -0.100. The Morgan fingerprint density at radius 1 is 1.00 bits per heavy atom. The van der Waals surface area contributed by atoms with Gasteiger partial charge in [-0.25, -0.2) is 0 Å². The number of carbonyl (C=O) groups is 2. The second-order valence-corrected chi connectivity index (χ2v) is 6.95. The van der Waals surface area contributed by atoms with Crippen LogP contribution in [0.2, 0.25) is 0 Å². The van der Waals surface area contributed by atoms with Gasteiger partial charge in [-0.3, -0.25) is 14.6 Å². The van der Waals surface area contributed by atoms with Gasteiger partial charge in [-0.15, -0.1) is 0 Å². The van der Waals surface area contributed by atoms with E-state index in [9.17, 15) is 9.59 Å². The number of hydrogen-bond donors (Lipinski definition) is 1. The first-order chi connectivity index (χ1) is 13.6. The van der Waals surface area contributed by atoms with Crippen molar-refractivity contribution in [3.8, 4) is 0 Å². The predicted octanol–water partition coefficient (Wildman–Crippen LogP) is 3.52. The maximum atomic E-state index is 12.8. The number of amides is 2. The average molecular weight is 371 g/mol. The Hall–Kier alpha value is -3.47. The van der Waals surface area contributed by atoms with Crippen LogP contribution in [0.3, 0.4) is 0 Å². The molecule has 1 N–H and O–H groups in total. The molecule has 0 atom stereocenters. The van der Waals surface area contributed by atoms with Crippen LogP contribution in [0.25, 0.3) is 0 Å². The number of benzene rings is 2. The Morgan fingerprint density at radius 3 is 2.50 bits per heavy atom. The van der Waals surface area contributed by atoms with Crippen LogP contribution in [0.4, 0.5) is 5.69 Å². The van der Waals surface area contributed by atoms with E-state index in [-0.39, 0.29) is 11.8 Å². The summed E-state index contributed by atoms with van der Waals surface area (Å²) in [7, 11) is 0. The molecule has 0 radical (unpaired) electrons. The highest BCUT2D eigenvalue weighted by molar-refractivity contribution is 6.07. The van der Waals surface area contributed by atoms with Gasteiger partial charge in [0.15, 0.2) is 0 Å². The van der Waals surface area contributed by atoms with Gasteiger partial charge in [-0.2, -0.15) is 0 Å². The molecular weight excluding hydrogens is 350 g/mol. The van der Waals surface area contributed by atoms with Crippen molar-refractivity contribution in [3.63, 3.8) is 0 Å². The molecule has 28 heavy (non-hydrogen) atoms. The standard InChI is InChI=1S/C23H21N3O2/c1-16-2-5-19(6-3-16)23(28)26-13-10-20-14-17(4-7-21(20)26)15-25-22(27)18-8-11-24-12-9-18/h2-9,11-12,14H,10,13,15H2,1H3,(H,25,27).